The number of pyridine rings is 2. The molecule has 0 bridgehead atoms. The second-order valence-corrected chi connectivity index (χ2v) is 5.67. The van der Waals surface area contributed by atoms with Gasteiger partial charge in [0.2, 0.25) is 0 Å². The van der Waals surface area contributed by atoms with Crippen LogP contribution in [0.3, 0.4) is 0 Å². The summed E-state index contributed by atoms with van der Waals surface area (Å²) < 4.78 is 0. The SMILES string of the molecule is Cc1cccc(CN(C)c2cnccc2CNC(C)C)n1. The van der Waals surface area contributed by atoms with E-state index in [0.717, 1.165) is 30.2 Å². The van der Waals surface area contributed by atoms with Crippen LogP contribution in [-0.2, 0) is 13.1 Å². The molecule has 0 fully saturated rings. The van der Waals surface area contributed by atoms with Gasteiger partial charge in [0.1, 0.15) is 0 Å². The van der Waals surface area contributed by atoms with E-state index in [-0.39, 0.29) is 0 Å². The molecule has 0 aliphatic rings. The van der Waals surface area contributed by atoms with Gasteiger partial charge in [0.15, 0.2) is 0 Å². The van der Waals surface area contributed by atoms with Crippen LogP contribution in [0.5, 0.6) is 0 Å². The summed E-state index contributed by atoms with van der Waals surface area (Å²) in [7, 11) is 2.08. The summed E-state index contributed by atoms with van der Waals surface area (Å²) in [6.07, 6.45) is 3.77. The third-order valence-corrected chi connectivity index (χ3v) is 3.34. The molecule has 0 amide bonds. The first-order chi connectivity index (χ1) is 10.1. The van der Waals surface area contributed by atoms with Crippen LogP contribution in [-0.4, -0.2) is 23.1 Å². The molecular weight excluding hydrogens is 260 g/mol. The molecule has 2 heterocycles. The Kier molecular flexibility index (Phi) is 5.28. The van der Waals surface area contributed by atoms with Gasteiger partial charge in [-0.3, -0.25) is 9.97 Å². The quantitative estimate of drug-likeness (QED) is 0.885. The summed E-state index contributed by atoms with van der Waals surface area (Å²) >= 11 is 0. The lowest BCUT2D eigenvalue weighted by Crippen LogP contribution is -2.25. The molecule has 0 aliphatic carbocycles. The molecule has 2 aromatic heterocycles. The lowest BCUT2D eigenvalue weighted by Gasteiger charge is -2.22. The average Bonchev–Trinajstić information content (AvgIpc) is 2.45. The second kappa shape index (κ2) is 7.18. The van der Waals surface area contributed by atoms with Gasteiger partial charge in [-0.15, -0.1) is 0 Å². The zero-order valence-corrected chi connectivity index (χ0v) is 13.3. The van der Waals surface area contributed by atoms with E-state index in [1.165, 1.54) is 5.56 Å². The molecule has 2 aromatic rings. The maximum absolute atomic E-state index is 4.56. The van der Waals surface area contributed by atoms with Crippen molar-refractivity contribution >= 4 is 5.69 Å². The Morgan fingerprint density at radius 2 is 2.05 bits per heavy atom. The Morgan fingerprint density at radius 1 is 1.24 bits per heavy atom. The number of rotatable bonds is 6. The smallest absolute Gasteiger partial charge is 0.0600 e. The Morgan fingerprint density at radius 3 is 2.76 bits per heavy atom. The number of aromatic nitrogens is 2. The maximum Gasteiger partial charge on any atom is 0.0600 e. The minimum Gasteiger partial charge on any atom is -0.367 e. The Balaban J connectivity index is 2.13. The number of anilines is 1. The lowest BCUT2D eigenvalue weighted by atomic mass is 10.2. The second-order valence-electron chi connectivity index (χ2n) is 5.67. The van der Waals surface area contributed by atoms with Gasteiger partial charge >= 0.3 is 0 Å². The van der Waals surface area contributed by atoms with Crippen molar-refractivity contribution in [2.75, 3.05) is 11.9 Å². The summed E-state index contributed by atoms with van der Waals surface area (Å²) in [5.74, 6) is 0. The fraction of sp³-hybridized carbons (Fsp3) is 0.412. The zero-order valence-electron chi connectivity index (χ0n) is 13.3. The van der Waals surface area contributed by atoms with Crippen molar-refractivity contribution in [3.8, 4) is 0 Å². The van der Waals surface area contributed by atoms with E-state index in [4.69, 9.17) is 0 Å². The van der Waals surface area contributed by atoms with Crippen LogP contribution in [0.2, 0.25) is 0 Å². The number of hydrogen-bond donors (Lipinski definition) is 1. The van der Waals surface area contributed by atoms with Gasteiger partial charge in [0, 0.05) is 31.5 Å². The van der Waals surface area contributed by atoms with Crippen molar-refractivity contribution in [1.29, 1.82) is 0 Å². The molecule has 1 N–H and O–H groups in total. The fourth-order valence-corrected chi connectivity index (χ4v) is 2.24. The molecule has 112 valence electrons. The first-order valence-corrected chi connectivity index (χ1v) is 7.36. The molecule has 0 aromatic carbocycles. The zero-order chi connectivity index (χ0) is 15.2. The van der Waals surface area contributed by atoms with Crippen molar-refractivity contribution in [3.63, 3.8) is 0 Å². The molecule has 0 spiro atoms. The summed E-state index contributed by atoms with van der Waals surface area (Å²) in [6.45, 7) is 7.96. The Hall–Kier alpha value is -1.94. The monoisotopic (exact) mass is 284 g/mol. The largest absolute Gasteiger partial charge is 0.367 e. The molecular formula is C17H24N4. The van der Waals surface area contributed by atoms with Crippen LogP contribution >= 0.6 is 0 Å². The maximum atomic E-state index is 4.56. The van der Waals surface area contributed by atoms with Crippen molar-refractivity contribution < 1.29 is 0 Å². The molecule has 0 saturated heterocycles. The van der Waals surface area contributed by atoms with Gasteiger partial charge in [0.25, 0.3) is 0 Å². The van der Waals surface area contributed by atoms with Gasteiger partial charge in [-0.05, 0) is 30.7 Å². The van der Waals surface area contributed by atoms with Crippen LogP contribution < -0.4 is 10.2 Å². The van der Waals surface area contributed by atoms with Crippen molar-refractivity contribution in [2.24, 2.45) is 0 Å². The first-order valence-electron chi connectivity index (χ1n) is 7.36. The molecule has 0 aliphatic heterocycles. The van der Waals surface area contributed by atoms with E-state index in [0.29, 0.717) is 6.04 Å². The minimum absolute atomic E-state index is 0.467. The summed E-state index contributed by atoms with van der Waals surface area (Å²) in [4.78, 5) is 11.0. The topological polar surface area (TPSA) is 41.1 Å². The van der Waals surface area contributed by atoms with Crippen LogP contribution in [0.4, 0.5) is 5.69 Å². The van der Waals surface area contributed by atoms with E-state index in [9.17, 15) is 0 Å². The van der Waals surface area contributed by atoms with Crippen molar-refractivity contribution in [1.82, 2.24) is 15.3 Å². The van der Waals surface area contributed by atoms with Gasteiger partial charge in [0.05, 0.1) is 24.1 Å². The van der Waals surface area contributed by atoms with Gasteiger partial charge in [-0.25, -0.2) is 0 Å². The number of nitrogens with zero attached hydrogens (tertiary/aromatic N) is 3. The van der Waals surface area contributed by atoms with Crippen LogP contribution in [0.25, 0.3) is 0 Å². The summed E-state index contributed by atoms with van der Waals surface area (Å²) in [6, 6.07) is 8.67. The molecule has 21 heavy (non-hydrogen) atoms. The Labute approximate surface area is 127 Å². The first kappa shape index (κ1) is 15.4. The third kappa shape index (κ3) is 4.53. The normalized spacial score (nSPS) is 10.9. The van der Waals surface area contributed by atoms with Gasteiger partial charge in [-0.2, -0.15) is 0 Å². The molecule has 0 atom stereocenters. The lowest BCUT2D eigenvalue weighted by molar-refractivity contribution is 0.588. The highest BCUT2D eigenvalue weighted by atomic mass is 15.1. The molecule has 4 heteroatoms. The standard InChI is InChI=1S/C17H24N4/c1-13(2)19-10-15-8-9-18-11-17(15)21(4)12-16-7-5-6-14(3)20-16/h5-9,11,13,19H,10,12H2,1-4H3. The average molecular weight is 284 g/mol. The Bertz CT molecular complexity index is 581. The number of hydrogen-bond acceptors (Lipinski definition) is 4. The molecule has 4 nitrogen and oxygen atoms in total. The van der Waals surface area contributed by atoms with Crippen molar-refractivity contribution in [2.45, 2.75) is 39.9 Å². The summed E-state index contributed by atoms with van der Waals surface area (Å²) in [5, 5.41) is 3.46. The predicted molar refractivity (Wildman–Crippen MR) is 87.3 cm³/mol. The summed E-state index contributed by atoms with van der Waals surface area (Å²) in [5.41, 5.74) is 4.53. The van der Waals surface area contributed by atoms with E-state index < -0.39 is 0 Å². The molecule has 2 rings (SSSR count). The molecule has 0 radical (unpaired) electrons. The van der Waals surface area contributed by atoms with E-state index in [1.54, 1.807) is 0 Å². The molecule has 0 unspecified atom stereocenters. The van der Waals surface area contributed by atoms with E-state index in [1.807, 2.05) is 25.4 Å². The highest BCUT2D eigenvalue weighted by Gasteiger charge is 2.09. The predicted octanol–water partition coefficient (Wildman–Crippen LogP) is 2.92. The van der Waals surface area contributed by atoms with E-state index in [2.05, 4.69) is 59.3 Å². The minimum atomic E-state index is 0.467. The third-order valence-electron chi connectivity index (χ3n) is 3.34. The van der Waals surface area contributed by atoms with Crippen LogP contribution in [0.1, 0.15) is 30.8 Å². The van der Waals surface area contributed by atoms with Crippen LogP contribution in [0.15, 0.2) is 36.7 Å². The number of nitrogens with one attached hydrogen (secondary N) is 1. The van der Waals surface area contributed by atoms with Gasteiger partial charge < -0.3 is 10.2 Å². The van der Waals surface area contributed by atoms with Crippen molar-refractivity contribution in [3.05, 3.63) is 53.6 Å². The highest BCUT2D eigenvalue weighted by Crippen LogP contribution is 2.19. The fourth-order valence-electron chi connectivity index (χ4n) is 2.24. The molecule has 0 saturated carbocycles. The number of aryl methyl sites for hydroxylation is 1. The van der Waals surface area contributed by atoms with E-state index >= 15 is 0 Å². The van der Waals surface area contributed by atoms with Crippen LogP contribution in [0, 0.1) is 6.92 Å². The van der Waals surface area contributed by atoms with Gasteiger partial charge in [-0.1, -0.05) is 19.9 Å². The highest BCUT2D eigenvalue weighted by molar-refractivity contribution is 5.51.